The van der Waals surface area contributed by atoms with E-state index in [1.54, 1.807) is 24.3 Å². The Hall–Kier alpha value is -2.47. The van der Waals surface area contributed by atoms with Gasteiger partial charge in [-0.25, -0.2) is 5.43 Å². The van der Waals surface area contributed by atoms with Crippen LogP contribution in [0.3, 0.4) is 0 Å². The maximum atomic E-state index is 11.6. The van der Waals surface area contributed by atoms with Crippen molar-refractivity contribution in [2.45, 2.75) is 0 Å². The van der Waals surface area contributed by atoms with E-state index in [2.05, 4.69) is 10.5 Å². The fraction of sp³-hybridized carbons (Fsp3) is 0.143. The van der Waals surface area contributed by atoms with Crippen molar-refractivity contribution in [3.05, 3.63) is 46.9 Å². The molecule has 21 heavy (non-hydrogen) atoms. The number of furan rings is 1. The number of ether oxygens (including phenoxy) is 2. The summed E-state index contributed by atoms with van der Waals surface area (Å²) in [7, 11) is 0. The second kappa shape index (κ2) is 5.88. The molecule has 1 amide bonds. The summed E-state index contributed by atoms with van der Waals surface area (Å²) >= 11 is 6.10. The van der Waals surface area contributed by atoms with Crippen LogP contribution < -0.4 is 14.9 Å². The summed E-state index contributed by atoms with van der Waals surface area (Å²) in [5.74, 6) is 0.847. The smallest absolute Gasteiger partial charge is 0.307 e. The van der Waals surface area contributed by atoms with Gasteiger partial charge in [-0.3, -0.25) is 4.79 Å². The highest BCUT2D eigenvalue weighted by Crippen LogP contribution is 2.37. The largest absolute Gasteiger partial charge is 0.486 e. The highest BCUT2D eigenvalue weighted by Gasteiger charge is 2.16. The predicted octanol–water partition coefficient (Wildman–Crippen LogP) is 2.47. The number of fused-ring (bicyclic) bond motifs is 1. The molecule has 0 radical (unpaired) electrons. The molecule has 2 heterocycles. The minimum absolute atomic E-state index is 0.187. The van der Waals surface area contributed by atoms with E-state index >= 15 is 0 Å². The second-order valence-corrected chi connectivity index (χ2v) is 4.61. The molecule has 7 heteroatoms. The number of nitrogens with zero attached hydrogens (tertiary/aromatic N) is 1. The molecule has 6 nitrogen and oxygen atoms in total. The van der Waals surface area contributed by atoms with Gasteiger partial charge in [-0.2, -0.15) is 5.10 Å². The summed E-state index contributed by atoms with van der Waals surface area (Å²) in [4.78, 5) is 11.6. The number of carbonyl (C=O) groups excluding carboxylic acids is 1. The molecule has 1 aromatic heterocycles. The first kappa shape index (κ1) is 13.5. The third kappa shape index (κ3) is 3.00. The van der Waals surface area contributed by atoms with Gasteiger partial charge in [0.2, 0.25) is 0 Å². The Bertz CT molecular complexity index is 683. The fourth-order valence-electron chi connectivity index (χ4n) is 1.83. The number of rotatable bonds is 3. The predicted molar refractivity (Wildman–Crippen MR) is 76.2 cm³/mol. The van der Waals surface area contributed by atoms with Crippen molar-refractivity contribution in [3.8, 4) is 11.5 Å². The van der Waals surface area contributed by atoms with Gasteiger partial charge in [-0.15, -0.1) is 0 Å². The molecular weight excluding hydrogens is 296 g/mol. The van der Waals surface area contributed by atoms with Crippen molar-refractivity contribution < 1.29 is 18.7 Å². The summed E-state index contributed by atoms with van der Waals surface area (Å²) in [5, 5.41) is 4.28. The third-order valence-electron chi connectivity index (χ3n) is 2.74. The zero-order valence-electron chi connectivity index (χ0n) is 10.8. The molecule has 1 aliphatic rings. The van der Waals surface area contributed by atoms with Gasteiger partial charge in [0.15, 0.2) is 17.3 Å². The van der Waals surface area contributed by atoms with Gasteiger partial charge in [-0.05, 0) is 29.8 Å². The first-order valence-electron chi connectivity index (χ1n) is 6.20. The van der Waals surface area contributed by atoms with Crippen molar-refractivity contribution in [3.63, 3.8) is 0 Å². The number of nitrogens with one attached hydrogen (secondary N) is 1. The lowest BCUT2D eigenvalue weighted by Gasteiger charge is -2.19. The molecule has 1 aromatic carbocycles. The summed E-state index contributed by atoms with van der Waals surface area (Å²) in [5.41, 5.74) is 3.04. The number of amides is 1. The summed E-state index contributed by atoms with van der Waals surface area (Å²) in [6, 6.07) is 6.59. The molecule has 0 aliphatic carbocycles. The molecule has 1 N–H and O–H groups in total. The SMILES string of the molecule is O=C(N/N=C\c1cc(Cl)c2c(c1)OCCO2)c1ccco1. The van der Waals surface area contributed by atoms with E-state index < -0.39 is 5.91 Å². The monoisotopic (exact) mass is 306 g/mol. The Labute approximate surface area is 125 Å². The minimum atomic E-state index is -0.431. The number of hydrogen-bond acceptors (Lipinski definition) is 5. The zero-order valence-corrected chi connectivity index (χ0v) is 11.6. The number of benzene rings is 1. The normalized spacial score (nSPS) is 13.4. The van der Waals surface area contributed by atoms with Crippen LogP contribution in [0, 0.1) is 0 Å². The molecule has 0 fully saturated rings. The van der Waals surface area contributed by atoms with Crippen LogP contribution in [0.5, 0.6) is 11.5 Å². The van der Waals surface area contributed by atoms with Gasteiger partial charge < -0.3 is 13.9 Å². The Morgan fingerprint density at radius 3 is 3.00 bits per heavy atom. The van der Waals surface area contributed by atoms with E-state index in [1.165, 1.54) is 12.5 Å². The van der Waals surface area contributed by atoms with Gasteiger partial charge in [0.25, 0.3) is 0 Å². The average Bonchev–Trinajstić information content (AvgIpc) is 3.01. The molecule has 0 spiro atoms. The molecular formula is C14H11ClN2O4. The first-order valence-corrected chi connectivity index (χ1v) is 6.58. The zero-order chi connectivity index (χ0) is 14.7. The molecule has 0 saturated carbocycles. The van der Waals surface area contributed by atoms with E-state index in [-0.39, 0.29) is 5.76 Å². The van der Waals surface area contributed by atoms with Gasteiger partial charge in [0.05, 0.1) is 17.5 Å². The molecule has 0 saturated heterocycles. The van der Waals surface area contributed by atoms with Gasteiger partial charge in [0, 0.05) is 0 Å². The van der Waals surface area contributed by atoms with Crippen LogP contribution in [-0.2, 0) is 0 Å². The van der Waals surface area contributed by atoms with Crippen LogP contribution in [-0.4, -0.2) is 25.3 Å². The Kier molecular flexibility index (Phi) is 3.79. The Morgan fingerprint density at radius 2 is 2.19 bits per heavy atom. The second-order valence-electron chi connectivity index (χ2n) is 4.20. The maximum Gasteiger partial charge on any atom is 0.307 e. The van der Waals surface area contributed by atoms with Gasteiger partial charge in [0.1, 0.15) is 13.2 Å². The van der Waals surface area contributed by atoms with Crippen LogP contribution in [0.2, 0.25) is 5.02 Å². The number of hydrogen-bond donors (Lipinski definition) is 1. The third-order valence-corrected chi connectivity index (χ3v) is 3.02. The lowest BCUT2D eigenvalue weighted by Crippen LogP contribution is -2.17. The maximum absolute atomic E-state index is 11.6. The van der Waals surface area contributed by atoms with Crippen LogP contribution in [0.1, 0.15) is 16.1 Å². The van der Waals surface area contributed by atoms with Crippen molar-refractivity contribution in [1.29, 1.82) is 0 Å². The van der Waals surface area contributed by atoms with Gasteiger partial charge in [-0.1, -0.05) is 11.6 Å². The highest BCUT2D eigenvalue weighted by molar-refractivity contribution is 6.32. The number of hydrazone groups is 1. The topological polar surface area (TPSA) is 73.1 Å². The lowest BCUT2D eigenvalue weighted by atomic mass is 10.2. The first-order chi connectivity index (χ1) is 10.2. The highest BCUT2D eigenvalue weighted by atomic mass is 35.5. The molecule has 0 unspecified atom stereocenters. The van der Waals surface area contributed by atoms with Crippen molar-refractivity contribution in [1.82, 2.24) is 5.43 Å². The molecule has 0 atom stereocenters. The van der Waals surface area contributed by atoms with E-state index in [0.717, 1.165) is 0 Å². The van der Waals surface area contributed by atoms with Crippen molar-refractivity contribution in [2.24, 2.45) is 5.10 Å². The van der Waals surface area contributed by atoms with Gasteiger partial charge >= 0.3 is 5.91 Å². The van der Waals surface area contributed by atoms with Crippen LogP contribution in [0.4, 0.5) is 0 Å². The van der Waals surface area contributed by atoms with Crippen LogP contribution >= 0.6 is 11.6 Å². The Balaban J connectivity index is 1.71. The number of carbonyl (C=O) groups is 1. The summed E-state index contributed by atoms with van der Waals surface area (Å²) < 4.78 is 15.8. The molecule has 3 rings (SSSR count). The molecule has 0 bridgehead atoms. The lowest BCUT2D eigenvalue weighted by molar-refractivity contribution is 0.0927. The van der Waals surface area contributed by atoms with E-state index in [1.807, 2.05) is 0 Å². The molecule has 2 aromatic rings. The average molecular weight is 307 g/mol. The van der Waals surface area contributed by atoms with Crippen LogP contribution in [0.15, 0.2) is 40.0 Å². The van der Waals surface area contributed by atoms with Crippen LogP contribution in [0.25, 0.3) is 0 Å². The summed E-state index contributed by atoms with van der Waals surface area (Å²) in [6.07, 6.45) is 2.88. The van der Waals surface area contributed by atoms with Crippen molar-refractivity contribution in [2.75, 3.05) is 13.2 Å². The Morgan fingerprint density at radius 1 is 1.33 bits per heavy atom. The van der Waals surface area contributed by atoms with E-state index in [4.69, 9.17) is 25.5 Å². The van der Waals surface area contributed by atoms with Crippen molar-refractivity contribution >= 4 is 23.7 Å². The van der Waals surface area contributed by atoms with E-state index in [9.17, 15) is 4.79 Å². The van der Waals surface area contributed by atoms with E-state index in [0.29, 0.717) is 35.3 Å². The molecule has 108 valence electrons. The fourth-order valence-corrected chi connectivity index (χ4v) is 2.11. The molecule has 1 aliphatic heterocycles. The quantitative estimate of drug-likeness (QED) is 0.698. The summed E-state index contributed by atoms with van der Waals surface area (Å²) in [6.45, 7) is 0.943. The number of halogens is 1. The minimum Gasteiger partial charge on any atom is -0.486 e. The standard InChI is InChI=1S/C14H11ClN2O4/c15-10-6-9(7-12-13(10)21-5-4-20-12)8-16-17-14(18)11-2-1-3-19-11/h1-3,6-8H,4-5H2,(H,17,18)/b16-8-.